The van der Waals surface area contributed by atoms with Gasteiger partial charge in [-0.3, -0.25) is 9.69 Å². The summed E-state index contributed by atoms with van der Waals surface area (Å²) in [5, 5.41) is 6.19. The fourth-order valence-electron chi connectivity index (χ4n) is 4.93. The second-order valence-corrected chi connectivity index (χ2v) is 8.70. The number of carbonyl (C=O) groups is 1. The third kappa shape index (κ3) is 3.53. The number of hydrogen-bond acceptors (Lipinski definition) is 3. The Bertz CT molecular complexity index is 1130. The number of rotatable bonds is 4. The molecule has 1 aromatic heterocycles. The molecule has 0 saturated heterocycles. The van der Waals surface area contributed by atoms with Crippen LogP contribution in [0.1, 0.15) is 41.3 Å². The van der Waals surface area contributed by atoms with Crippen molar-refractivity contribution < 1.29 is 4.79 Å². The first-order valence-electron chi connectivity index (χ1n) is 10.5. The van der Waals surface area contributed by atoms with Crippen molar-refractivity contribution in [2.75, 3.05) is 13.1 Å². The molecule has 3 aromatic rings. The number of nitrogens with one attached hydrogen (secondary N) is 1. The van der Waals surface area contributed by atoms with Crippen molar-refractivity contribution >= 4 is 34.6 Å². The molecule has 6 heteroatoms. The fraction of sp³-hybridized carbons (Fsp3) is 0.333. The van der Waals surface area contributed by atoms with E-state index in [1.54, 1.807) is 18.3 Å². The zero-order chi connectivity index (χ0) is 20.7. The molecule has 1 amide bonds. The number of halogens is 1. The summed E-state index contributed by atoms with van der Waals surface area (Å²) in [6.07, 6.45) is 5.04. The van der Waals surface area contributed by atoms with Crippen molar-refractivity contribution in [3.05, 3.63) is 69.9 Å². The average Bonchev–Trinajstić information content (AvgIpc) is 3.06. The van der Waals surface area contributed by atoms with Crippen LogP contribution in [-0.4, -0.2) is 34.7 Å². The lowest BCUT2D eigenvalue weighted by Gasteiger charge is -2.39. The van der Waals surface area contributed by atoms with Gasteiger partial charge < -0.3 is 4.57 Å². The van der Waals surface area contributed by atoms with Gasteiger partial charge in [-0.2, -0.15) is 5.10 Å². The standard InChI is InChI=1S/C24H25ClN4O/c1-16-5-10-21-20(13-16)19-3-2-4-22-24(19)29(21)12-11-28(22)15-23(30)27-26-14-17-6-8-18(25)9-7-17/h5-10,13-14,22H,2-4,11-12,15H2,1H3,(H,27,30)/b26-14+/t22-/m1/s1. The van der Waals surface area contributed by atoms with E-state index in [1.807, 2.05) is 12.1 Å². The van der Waals surface area contributed by atoms with Gasteiger partial charge in [-0.15, -0.1) is 0 Å². The average molecular weight is 421 g/mol. The number of aryl methyl sites for hydroxylation is 2. The zero-order valence-corrected chi connectivity index (χ0v) is 17.8. The van der Waals surface area contributed by atoms with Crippen LogP contribution in [0.25, 0.3) is 10.9 Å². The van der Waals surface area contributed by atoms with Gasteiger partial charge in [0.25, 0.3) is 5.91 Å². The molecule has 0 bridgehead atoms. The van der Waals surface area contributed by atoms with E-state index >= 15 is 0 Å². The minimum absolute atomic E-state index is 0.0762. The minimum Gasteiger partial charge on any atom is -0.342 e. The highest BCUT2D eigenvalue weighted by molar-refractivity contribution is 6.30. The van der Waals surface area contributed by atoms with Crippen molar-refractivity contribution in [3.8, 4) is 0 Å². The Balaban J connectivity index is 1.32. The summed E-state index contributed by atoms with van der Waals surface area (Å²) in [6.45, 7) is 4.32. The molecule has 154 valence electrons. The van der Waals surface area contributed by atoms with Crippen LogP contribution in [0.4, 0.5) is 0 Å². The molecule has 2 aliphatic rings. The first-order valence-corrected chi connectivity index (χ1v) is 10.9. The van der Waals surface area contributed by atoms with Crippen LogP contribution in [0.5, 0.6) is 0 Å². The summed E-state index contributed by atoms with van der Waals surface area (Å²) in [6, 6.07) is 14.4. The second kappa shape index (κ2) is 7.89. The van der Waals surface area contributed by atoms with E-state index in [2.05, 4.69) is 45.1 Å². The van der Waals surface area contributed by atoms with Gasteiger partial charge in [-0.05, 0) is 61.6 Å². The highest BCUT2D eigenvalue weighted by atomic mass is 35.5. The Morgan fingerprint density at radius 3 is 2.90 bits per heavy atom. The summed E-state index contributed by atoms with van der Waals surface area (Å²) >= 11 is 5.90. The summed E-state index contributed by atoms with van der Waals surface area (Å²) < 4.78 is 2.49. The van der Waals surface area contributed by atoms with E-state index in [0.29, 0.717) is 17.6 Å². The number of aromatic nitrogens is 1. The number of carbonyl (C=O) groups excluding carboxylic acids is 1. The number of amides is 1. The van der Waals surface area contributed by atoms with Crippen LogP contribution in [0.2, 0.25) is 5.02 Å². The smallest absolute Gasteiger partial charge is 0.254 e. The maximum Gasteiger partial charge on any atom is 0.254 e. The van der Waals surface area contributed by atoms with Gasteiger partial charge in [0.1, 0.15) is 0 Å². The lowest BCUT2D eigenvalue weighted by molar-refractivity contribution is -0.123. The normalized spacial score (nSPS) is 18.7. The number of hydrogen-bond donors (Lipinski definition) is 1. The molecule has 0 radical (unpaired) electrons. The topological polar surface area (TPSA) is 49.6 Å². The summed E-state index contributed by atoms with van der Waals surface area (Å²) in [4.78, 5) is 14.9. The van der Waals surface area contributed by atoms with Crippen LogP contribution in [0, 0.1) is 6.92 Å². The van der Waals surface area contributed by atoms with Gasteiger partial charge >= 0.3 is 0 Å². The fourth-order valence-corrected chi connectivity index (χ4v) is 5.05. The van der Waals surface area contributed by atoms with Gasteiger partial charge in [0.05, 0.1) is 18.8 Å². The summed E-state index contributed by atoms with van der Waals surface area (Å²) in [7, 11) is 0. The van der Waals surface area contributed by atoms with Crippen LogP contribution in [0.3, 0.4) is 0 Å². The highest BCUT2D eigenvalue weighted by Gasteiger charge is 2.35. The molecular weight excluding hydrogens is 396 g/mol. The second-order valence-electron chi connectivity index (χ2n) is 8.26. The van der Waals surface area contributed by atoms with Gasteiger partial charge in [-0.25, -0.2) is 5.43 Å². The van der Waals surface area contributed by atoms with Crippen molar-refractivity contribution in [1.82, 2.24) is 14.9 Å². The zero-order valence-electron chi connectivity index (χ0n) is 17.1. The molecule has 0 unspecified atom stereocenters. The Morgan fingerprint density at radius 1 is 1.23 bits per heavy atom. The van der Waals surface area contributed by atoms with E-state index in [1.165, 1.54) is 27.7 Å². The van der Waals surface area contributed by atoms with Gasteiger partial charge in [-0.1, -0.05) is 35.4 Å². The van der Waals surface area contributed by atoms with E-state index in [0.717, 1.165) is 37.9 Å². The first-order chi connectivity index (χ1) is 14.6. The molecule has 2 heterocycles. The molecule has 0 fully saturated rings. The highest BCUT2D eigenvalue weighted by Crippen LogP contribution is 2.42. The predicted molar refractivity (Wildman–Crippen MR) is 121 cm³/mol. The van der Waals surface area contributed by atoms with E-state index in [9.17, 15) is 4.79 Å². The van der Waals surface area contributed by atoms with Crippen molar-refractivity contribution in [1.29, 1.82) is 0 Å². The van der Waals surface area contributed by atoms with Crippen molar-refractivity contribution in [2.45, 2.75) is 38.8 Å². The van der Waals surface area contributed by atoms with Gasteiger partial charge in [0.2, 0.25) is 0 Å². The molecule has 2 aromatic carbocycles. The van der Waals surface area contributed by atoms with Gasteiger partial charge in [0, 0.05) is 34.7 Å². The monoisotopic (exact) mass is 420 g/mol. The SMILES string of the molecule is Cc1ccc2c(c1)c1c3n2CCN(CC(=O)N/N=C/c2ccc(Cl)cc2)[C@@H]3CCC1. The predicted octanol–water partition coefficient (Wildman–Crippen LogP) is 4.45. The molecule has 0 saturated carbocycles. The van der Waals surface area contributed by atoms with E-state index < -0.39 is 0 Å². The maximum atomic E-state index is 12.6. The molecule has 5 nitrogen and oxygen atoms in total. The Labute approximate surface area is 181 Å². The number of fused-ring (bicyclic) bond motifs is 3. The lowest BCUT2D eigenvalue weighted by Crippen LogP contribution is -2.44. The quantitative estimate of drug-likeness (QED) is 0.501. The summed E-state index contributed by atoms with van der Waals surface area (Å²) in [5.41, 5.74) is 9.13. The van der Waals surface area contributed by atoms with E-state index in [-0.39, 0.29) is 5.91 Å². The molecule has 1 atom stereocenters. The van der Waals surface area contributed by atoms with Crippen LogP contribution >= 0.6 is 11.6 Å². The molecular formula is C24H25ClN4O. The Kier molecular flexibility index (Phi) is 5.09. The van der Waals surface area contributed by atoms with Crippen LogP contribution in [0.15, 0.2) is 47.6 Å². The molecule has 0 spiro atoms. The molecule has 30 heavy (non-hydrogen) atoms. The van der Waals surface area contributed by atoms with Gasteiger partial charge in [0.15, 0.2) is 0 Å². The summed E-state index contributed by atoms with van der Waals surface area (Å²) in [5.74, 6) is -0.0762. The first kappa shape index (κ1) is 19.3. The third-order valence-electron chi connectivity index (χ3n) is 6.26. The van der Waals surface area contributed by atoms with Crippen LogP contribution < -0.4 is 5.43 Å². The maximum absolute atomic E-state index is 12.6. The Hall–Kier alpha value is -2.63. The van der Waals surface area contributed by atoms with Crippen molar-refractivity contribution in [3.63, 3.8) is 0 Å². The molecule has 5 rings (SSSR count). The molecule has 1 aliphatic carbocycles. The van der Waals surface area contributed by atoms with Crippen LogP contribution in [-0.2, 0) is 17.8 Å². The largest absolute Gasteiger partial charge is 0.342 e. The minimum atomic E-state index is -0.0762. The molecule has 1 aliphatic heterocycles. The van der Waals surface area contributed by atoms with E-state index in [4.69, 9.17) is 11.6 Å². The van der Waals surface area contributed by atoms with Crippen molar-refractivity contribution in [2.24, 2.45) is 5.10 Å². The number of hydrazone groups is 1. The number of benzene rings is 2. The number of nitrogens with zero attached hydrogens (tertiary/aromatic N) is 3. The lowest BCUT2D eigenvalue weighted by atomic mass is 9.89. The molecule has 1 N–H and O–H groups in total. The third-order valence-corrected chi connectivity index (χ3v) is 6.51. The Morgan fingerprint density at radius 2 is 2.07 bits per heavy atom.